The van der Waals surface area contributed by atoms with Crippen LogP contribution in [0, 0.1) is 18.3 Å². The van der Waals surface area contributed by atoms with Crippen LogP contribution in [0.1, 0.15) is 45.0 Å². The molecule has 2 aromatic rings. The Kier molecular flexibility index (Phi) is 4.64. The zero-order valence-electron chi connectivity index (χ0n) is 17.2. The molecule has 1 saturated heterocycles. The lowest BCUT2D eigenvalue weighted by Gasteiger charge is -2.43. The van der Waals surface area contributed by atoms with E-state index in [1.807, 2.05) is 19.1 Å². The van der Waals surface area contributed by atoms with Crippen molar-refractivity contribution in [3.8, 4) is 0 Å². The van der Waals surface area contributed by atoms with E-state index in [1.165, 1.54) is 0 Å². The maximum atomic E-state index is 13.1. The molecule has 2 N–H and O–H groups in total. The number of fused-ring (bicyclic) bond motifs is 1. The van der Waals surface area contributed by atoms with Crippen molar-refractivity contribution in [2.24, 2.45) is 11.3 Å². The first-order valence-electron chi connectivity index (χ1n) is 9.88. The fourth-order valence-corrected chi connectivity index (χ4v) is 5.98. The Labute approximate surface area is 173 Å². The summed E-state index contributed by atoms with van der Waals surface area (Å²) in [6.07, 6.45) is 2.22. The first-order valence-corrected chi connectivity index (χ1v) is 10.7. The van der Waals surface area contributed by atoms with Crippen LogP contribution in [-0.4, -0.2) is 39.8 Å². The van der Waals surface area contributed by atoms with Gasteiger partial charge in [-0.05, 0) is 55.7 Å². The Bertz CT molecular complexity index is 1010. The highest BCUT2D eigenvalue weighted by molar-refractivity contribution is 7.18. The number of rotatable bonds is 3. The highest BCUT2D eigenvalue weighted by Crippen LogP contribution is 2.46. The Morgan fingerprint density at radius 3 is 2.83 bits per heavy atom. The lowest BCUT2D eigenvalue weighted by atomic mass is 9.64. The van der Waals surface area contributed by atoms with Crippen molar-refractivity contribution < 1.29 is 14.4 Å². The van der Waals surface area contributed by atoms with E-state index < -0.39 is 17.5 Å². The number of aromatic nitrogens is 1. The summed E-state index contributed by atoms with van der Waals surface area (Å²) in [4.78, 5) is 43.7. The lowest BCUT2D eigenvalue weighted by Crippen LogP contribution is -2.54. The highest BCUT2D eigenvalue weighted by atomic mass is 32.1. The van der Waals surface area contributed by atoms with Gasteiger partial charge in [0.2, 0.25) is 5.91 Å². The molecule has 1 aromatic carbocycles. The number of aryl methyl sites for hydroxylation is 1. The average Bonchev–Trinajstić information content (AvgIpc) is 3.04. The van der Waals surface area contributed by atoms with E-state index in [4.69, 9.17) is 0 Å². The SMILES string of the molecule is Cc1nc2ccc(NC(=O)CN3C(=O)N[C@]4(C[C@@H](C)CC(C)(C)C4)C3=O)cc2s1. The van der Waals surface area contributed by atoms with Crippen molar-refractivity contribution in [3.05, 3.63) is 23.2 Å². The summed E-state index contributed by atoms with van der Waals surface area (Å²) < 4.78 is 0.979. The molecular formula is C21H26N4O3S. The number of nitrogens with one attached hydrogen (secondary N) is 2. The minimum absolute atomic E-state index is 0.0405. The summed E-state index contributed by atoms with van der Waals surface area (Å²) in [5, 5.41) is 6.65. The Balaban J connectivity index is 1.47. The van der Waals surface area contributed by atoms with Gasteiger partial charge in [-0.1, -0.05) is 20.8 Å². The number of imide groups is 1. The summed E-state index contributed by atoms with van der Waals surface area (Å²) in [7, 11) is 0. The van der Waals surface area contributed by atoms with E-state index in [0.717, 1.165) is 26.5 Å². The molecule has 29 heavy (non-hydrogen) atoms. The molecule has 2 heterocycles. The van der Waals surface area contributed by atoms with Crippen molar-refractivity contribution in [2.75, 3.05) is 11.9 Å². The van der Waals surface area contributed by atoms with Crippen LogP contribution in [-0.2, 0) is 9.59 Å². The molecule has 8 heteroatoms. The van der Waals surface area contributed by atoms with Gasteiger partial charge in [0.15, 0.2) is 0 Å². The molecule has 0 bridgehead atoms. The van der Waals surface area contributed by atoms with Gasteiger partial charge in [-0.25, -0.2) is 9.78 Å². The molecule has 154 valence electrons. The first-order chi connectivity index (χ1) is 13.6. The maximum absolute atomic E-state index is 13.1. The molecule has 4 rings (SSSR count). The number of urea groups is 1. The summed E-state index contributed by atoms with van der Waals surface area (Å²) >= 11 is 1.55. The highest BCUT2D eigenvalue weighted by Gasteiger charge is 2.56. The second-order valence-corrected chi connectivity index (χ2v) is 10.5. The standard InChI is InChI=1S/C21H26N4O3S/c1-12-8-20(3,4)11-21(9-12)18(27)25(19(28)24-21)10-17(26)23-14-5-6-15-16(7-14)29-13(2)22-15/h5-7,12H,8-11H2,1-4H3,(H,23,26)(H,24,28)/t12-,21-/m0/s1. The Morgan fingerprint density at radius 2 is 2.10 bits per heavy atom. The van der Waals surface area contributed by atoms with Crippen molar-refractivity contribution in [1.82, 2.24) is 15.2 Å². The van der Waals surface area contributed by atoms with Gasteiger partial charge in [0.05, 0.1) is 15.2 Å². The summed E-state index contributed by atoms with van der Waals surface area (Å²) in [6.45, 7) is 7.99. The van der Waals surface area contributed by atoms with Crippen LogP contribution in [0.4, 0.5) is 10.5 Å². The van der Waals surface area contributed by atoms with Crippen LogP contribution in [0.5, 0.6) is 0 Å². The second-order valence-electron chi connectivity index (χ2n) is 9.22. The minimum Gasteiger partial charge on any atom is -0.324 e. The summed E-state index contributed by atoms with van der Waals surface area (Å²) in [5.74, 6) is -0.355. The molecule has 0 radical (unpaired) electrons. The van der Waals surface area contributed by atoms with Crippen LogP contribution >= 0.6 is 11.3 Å². The van der Waals surface area contributed by atoms with Gasteiger partial charge in [-0.15, -0.1) is 11.3 Å². The number of benzene rings is 1. The molecule has 2 aliphatic rings. The minimum atomic E-state index is -0.891. The van der Waals surface area contributed by atoms with E-state index in [0.29, 0.717) is 24.4 Å². The van der Waals surface area contributed by atoms with Gasteiger partial charge < -0.3 is 10.6 Å². The summed E-state index contributed by atoms with van der Waals surface area (Å²) in [6, 6.07) is 5.00. The number of carbonyl (C=O) groups excluding carboxylic acids is 3. The molecule has 2 atom stereocenters. The predicted molar refractivity (Wildman–Crippen MR) is 113 cm³/mol. The Hall–Kier alpha value is -2.48. The number of thiazole rings is 1. The van der Waals surface area contributed by atoms with E-state index in [-0.39, 0.29) is 17.9 Å². The number of hydrogen-bond donors (Lipinski definition) is 2. The third-order valence-electron chi connectivity index (χ3n) is 5.71. The fraction of sp³-hybridized carbons (Fsp3) is 0.524. The molecule has 1 aliphatic heterocycles. The van der Waals surface area contributed by atoms with Crippen LogP contribution in [0.2, 0.25) is 0 Å². The topological polar surface area (TPSA) is 91.4 Å². The predicted octanol–water partition coefficient (Wildman–Crippen LogP) is 3.68. The number of amides is 4. The van der Waals surface area contributed by atoms with Gasteiger partial charge in [0, 0.05) is 5.69 Å². The molecule has 1 aliphatic carbocycles. The third-order valence-corrected chi connectivity index (χ3v) is 6.64. The van der Waals surface area contributed by atoms with E-state index in [9.17, 15) is 14.4 Å². The van der Waals surface area contributed by atoms with Gasteiger partial charge in [0.1, 0.15) is 12.1 Å². The normalized spacial score (nSPS) is 26.2. The number of carbonyl (C=O) groups is 3. The molecule has 7 nitrogen and oxygen atoms in total. The molecule has 1 spiro atoms. The molecule has 0 unspecified atom stereocenters. The van der Waals surface area contributed by atoms with Gasteiger partial charge in [-0.2, -0.15) is 0 Å². The van der Waals surface area contributed by atoms with E-state index >= 15 is 0 Å². The smallest absolute Gasteiger partial charge is 0.324 e. The number of nitrogens with zero attached hydrogens (tertiary/aromatic N) is 2. The van der Waals surface area contributed by atoms with Crippen molar-refractivity contribution in [2.45, 2.75) is 52.5 Å². The van der Waals surface area contributed by atoms with Crippen LogP contribution in [0.15, 0.2) is 18.2 Å². The zero-order chi connectivity index (χ0) is 21.0. The van der Waals surface area contributed by atoms with Gasteiger partial charge >= 0.3 is 6.03 Å². The molecule has 1 aromatic heterocycles. The average molecular weight is 415 g/mol. The quantitative estimate of drug-likeness (QED) is 0.750. The molecule has 2 fully saturated rings. The van der Waals surface area contributed by atoms with Crippen LogP contribution < -0.4 is 10.6 Å². The number of anilines is 1. The van der Waals surface area contributed by atoms with Crippen molar-refractivity contribution in [3.63, 3.8) is 0 Å². The first kappa shape index (κ1) is 19.8. The van der Waals surface area contributed by atoms with E-state index in [2.05, 4.69) is 36.4 Å². The molecule has 1 saturated carbocycles. The zero-order valence-corrected chi connectivity index (χ0v) is 18.0. The Morgan fingerprint density at radius 1 is 1.34 bits per heavy atom. The molecular weight excluding hydrogens is 388 g/mol. The third kappa shape index (κ3) is 3.73. The van der Waals surface area contributed by atoms with E-state index in [1.54, 1.807) is 17.4 Å². The fourth-order valence-electron chi connectivity index (χ4n) is 5.11. The number of hydrogen-bond acceptors (Lipinski definition) is 5. The largest absolute Gasteiger partial charge is 0.325 e. The van der Waals surface area contributed by atoms with Gasteiger partial charge in [-0.3, -0.25) is 14.5 Å². The van der Waals surface area contributed by atoms with Crippen molar-refractivity contribution in [1.29, 1.82) is 0 Å². The lowest BCUT2D eigenvalue weighted by molar-refractivity contribution is -0.136. The van der Waals surface area contributed by atoms with Gasteiger partial charge in [0.25, 0.3) is 5.91 Å². The van der Waals surface area contributed by atoms with Crippen LogP contribution in [0.3, 0.4) is 0 Å². The van der Waals surface area contributed by atoms with Crippen LogP contribution in [0.25, 0.3) is 10.2 Å². The molecule has 4 amide bonds. The second kappa shape index (κ2) is 6.79. The maximum Gasteiger partial charge on any atom is 0.325 e. The van der Waals surface area contributed by atoms with Crippen molar-refractivity contribution >= 4 is 45.1 Å². The monoisotopic (exact) mass is 414 g/mol. The summed E-state index contributed by atoms with van der Waals surface area (Å²) in [5.41, 5.74) is 0.578.